The number of rotatable bonds is 0. The molecular formula is C9H15N3. The topological polar surface area (TPSA) is 27.3 Å². The molecule has 2 unspecified atom stereocenters. The summed E-state index contributed by atoms with van der Waals surface area (Å²) in [5.74, 6) is 2.76. The summed E-state index contributed by atoms with van der Waals surface area (Å²) in [6.07, 6.45) is 5.37. The normalized spacial score (nSPS) is 36.9. The van der Waals surface area contributed by atoms with Gasteiger partial charge in [-0.05, 0) is 0 Å². The van der Waals surface area contributed by atoms with Crippen molar-refractivity contribution in [1.29, 1.82) is 0 Å². The standard InChI is InChI=1S/C9H15N3/c1-2-8-7-12-4-3-10-5-9(12)6-11-8/h1,8-11H,3-7H2. The summed E-state index contributed by atoms with van der Waals surface area (Å²) < 4.78 is 0. The molecule has 2 N–H and O–H groups in total. The fourth-order valence-corrected chi connectivity index (χ4v) is 1.93. The highest BCUT2D eigenvalue weighted by Gasteiger charge is 2.28. The highest BCUT2D eigenvalue weighted by Crippen LogP contribution is 2.07. The van der Waals surface area contributed by atoms with Crippen LogP contribution in [0.15, 0.2) is 0 Å². The molecule has 2 rings (SSSR count). The molecule has 66 valence electrons. The van der Waals surface area contributed by atoms with Crippen LogP contribution in [0.2, 0.25) is 0 Å². The van der Waals surface area contributed by atoms with Crippen LogP contribution in [0.4, 0.5) is 0 Å². The van der Waals surface area contributed by atoms with Crippen LogP contribution in [0.25, 0.3) is 0 Å². The number of piperazine rings is 2. The van der Waals surface area contributed by atoms with Gasteiger partial charge in [0.2, 0.25) is 0 Å². The van der Waals surface area contributed by atoms with Crippen molar-refractivity contribution in [3.63, 3.8) is 0 Å². The molecule has 0 aromatic carbocycles. The molecule has 2 aliphatic rings. The SMILES string of the molecule is C#CC1CN2CCNCC2CN1. The number of hydrogen-bond donors (Lipinski definition) is 2. The van der Waals surface area contributed by atoms with E-state index < -0.39 is 0 Å². The molecule has 2 heterocycles. The minimum Gasteiger partial charge on any atom is -0.314 e. The van der Waals surface area contributed by atoms with Crippen molar-refractivity contribution in [3.05, 3.63) is 0 Å². The molecule has 12 heavy (non-hydrogen) atoms. The average molecular weight is 165 g/mol. The van der Waals surface area contributed by atoms with E-state index in [1.54, 1.807) is 0 Å². The first-order valence-electron chi connectivity index (χ1n) is 4.54. The van der Waals surface area contributed by atoms with Gasteiger partial charge in [0.05, 0.1) is 6.04 Å². The Labute approximate surface area is 73.5 Å². The van der Waals surface area contributed by atoms with Gasteiger partial charge in [0.1, 0.15) is 0 Å². The van der Waals surface area contributed by atoms with E-state index >= 15 is 0 Å². The van der Waals surface area contributed by atoms with Crippen molar-refractivity contribution in [2.24, 2.45) is 0 Å². The molecule has 0 aromatic rings. The first kappa shape index (κ1) is 8.06. The van der Waals surface area contributed by atoms with E-state index in [2.05, 4.69) is 21.5 Å². The maximum Gasteiger partial charge on any atom is 0.0816 e. The summed E-state index contributed by atoms with van der Waals surface area (Å²) in [4.78, 5) is 2.48. The molecule has 0 bridgehead atoms. The molecule has 0 aliphatic carbocycles. The molecule has 2 aliphatic heterocycles. The van der Waals surface area contributed by atoms with Crippen molar-refractivity contribution in [3.8, 4) is 12.3 Å². The quantitative estimate of drug-likeness (QED) is 0.445. The summed E-state index contributed by atoms with van der Waals surface area (Å²) in [7, 11) is 0. The van der Waals surface area contributed by atoms with E-state index in [9.17, 15) is 0 Å². The predicted octanol–water partition coefficient (Wildman–Crippen LogP) is -1.13. The highest BCUT2D eigenvalue weighted by atomic mass is 15.3. The molecular weight excluding hydrogens is 150 g/mol. The average Bonchev–Trinajstić information content (AvgIpc) is 2.17. The Morgan fingerprint density at radius 1 is 1.42 bits per heavy atom. The number of nitrogens with one attached hydrogen (secondary N) is 2. The first-order valence-corrected chi connectivity index (χ1v) is 4.54. The predicted molar refractivity (Wildman–Crippen MR) is 48.9 cm³/mol. The summed E-state index contributed by atoms with van der Waals surface area (Å²) in [5.41, 5.74) is 0. The first-order chi connectivity index (χ1) is 5.90. The molecule has 3 heteroatoms. The largest absolute Gasteiger partial charge is 0.314 e. The lowest BCUT2D eigenvalue weighted by molar-refractivity contribution is 0.119. The van der Waals surface area contributed by atoms with Crippen LogP contribution in [0.3, 0.4) is 0 Å². The van der Waals surface area contributed by atoms with Crippen molar-refractivity contribution in [2.45, 2.75) is 12.1 Å². The number of nitrogens with zero attached hydrogens (tertiary/aromatic N) is 1. The maximum atomic E-state index is 5.37. The van der Waals surface area contributed by atoms with Crippen LogP contribution in [0, 0.1) is 12.3 Å². The number of hydrogen-bond acceptors (Lipinski definition) is 3. The minimum absolute atomic E-state index is 0.263. The van der Waals surface area contributed by atoms with Gasteiger partial charge >= 0.3 is 0 Å². The summed E-state index contributed by atoms with van der Waals surface area (Å²) >= 11 is 0. The van der Waals surface area contributed by atoms with E-state index in [1.807, 2.05) is 0 Å². The van der Waals surface area contributed by atoms with Crippen LogP contribution in [0.1, 0.15) is 0 Å². The fourth-order valence-electron chi connectivity index (χ4n) is 1.93. The molecule has 2 atom stereocenters. The molecule has 2 fully saturated rings. The molecule has 3 nitrogen and oxygen atoms in total. The Kier molecular flexibility index (Phi) is 2.31. The molecule has 0 spiro atoms. The molecule has 0 radical (unpaired) electrons. The van der Waals surface area contributed by atoms with E-state index in [0.717, 1.165) is 32.7 Å². The van der Waals surface area contributed by atoms with Gasteiger partial charge in [-0.1, -0.05) is 5.92 Å². The minimum atomic E-state index is 0.263. The fraction of sp³-hybridized carbons (Fsp3) is 0.778. The molecule has 2 saturated heterocycles. The Balaban J connectivity index is 1.95. The number of terminal acetylenes is 1. The van der Waals surface area contributed by atoms with Crippen LogP contribution < -0.4 is 10.6 Å². The molecule has 0 aromatic heterocycles. The van der Waals surface area contributed by atoms with E-state index in [4.69, 9.17) is 6.42 Å². The third-order valence-electron chi connectivity index (χ3n) is 2.69. The summed E-state index contributed by atoms with van der Waals surface area (Å²) in [6.45, 7) is 5.40. The third-order valence-corrected chi connectivity index (χ3v) is 2.69. The second-order valence-corrected chi connectivity index (χ2v) is 3.48. The van der Waals surface area contributed by atoms with Crippen LogP contribution in [0.5, 0.6) is 0 Å². The summed E-state index contributed by atoms with van der Waals surface area (Å²) in [6, 6.07) is 0.919. The van der Waals surface area contributed by atoms with Crippen LogP contribution in [-0.4, -0.2) is 49.7 Å². The molecule has 0 saturated carbocycles. The second kappa shape index (κ2) is 3.44. The maximum absolute atomic E-state index is 5.37. The van der Waals surface area contributed by atoms with Gasteiger partial charge in [0.15, 0.2) is 0 Å². The monoisotopic (exact) mass is 165 g/mol. The Hall–Kier alpha value is -0.560. The Morgan fingerprint density at radius 2 is 2.33 bits per heavy atom. The van der Waals surface area contributed by atoms with Crippen LogP contribution in [-0.2, 0) is 0 Å². The zero-order chi connectivity index (χ0) is 8.39. The zero-order valence-electron chi connectivity index (χ0n) is 7.21. The van der Waals surface area contributed by atoms with Gasteiger partial charge in [0.25, 0.3) is 0 Å². The van der Waals surface area contributed by atoms with E-state index in [-0.39, 0.29) is 6.04 Å². The van der Waals surface area contributed by atoms with E-state index in [0.29, 0.717) is 6.04 Å². The lowest BCUT2D eigenvalue weighted by Gasteiger charge is -2.42. The van der Waals surface area contributed by atoms with Gasteiger partial charge in [-0.25, -0.2) is 0 Å². The lowest BCUT2D eigenvalue weighted by Crippen LogP contribution is -2.63. The second-order valence-electron chi connectivity index (χ2n) is 3.48. The Morgan fingerprint density at radius 3 is 3.17 bits per heavy atom. The molecule has 0 amide bonds. The van der Waals surface area contributed by atoms with Crippen molar-refractivity contribution in [2.75, 3.05) is 32.7 Å². The van der Waals surface area contributed by atoms with Crippen LogP contribution >= 0.6 is 0 Å². The van der Waals surface area contributed by atoms with Gasteiger partial charge in [-0.2, -0.15) is 0 Å². The smallest absolute Gasteiger partial charge is 0.0816 e. The van der Waals surface area contributed by atoms with Gasteiger partial charge < -0.3 is 10.6 Å². The Bertz CT molecular complexity index is 196. The highest BCUT2D eigenvalue weighted by molar-refractivity contribution is 5.04. The van der Waals surface area contributed by atoms with Crippen molar-refractivity contribution in [1.82, 2.24) is 15.5 Å². The summed E-state index contributed by atoms with van der Waals surface area (Å²) in [5, 5.41) is 6.73. The van der Waals surface area contributed by atoms with E-state index in [1.165, 1.54) is 0 Å². The zero-order valence-corrected chi connectivity index (χ0v) is 7.21. The lowest BCUT2D eigenvalue weighted by atomic mass is 10.1. The van der Waals surface area contributed by atoms with Gasteiger partial charge in [0, 0.05) is 38.8 Å². The van der Waals surface area contributed by atoms with Crippen molar-refractivity contribution < 1.29 is 0 Å². The number of fused-ring (bicyclic) bond motifs is 1. The van der Waals surface area contributed by atoms with Gasteiger partial charge in [-0.15, -0.1) is 6.42 Å². The third kappa shape index (κ3) is 1.46. The van der Waals surface area contributed by atoms with Crippen molar-refractivity contribution >= 4 is 0 Å². The van der Waals surface area contributed by atoms with Gasteiger partial charge in [-0.3, -0.25) is 4.90 Å².